The van der Waals surface area contributed by atoms with E-state index in [4.69, 9.17) is 9.47 Å². The fourth-order valence-corrected chi connectivity index (χ4v) is 3.96. The van der Waals surface area contributed by atoms with E-state index in [1.165, 1.54) is 6.08 Å². The van der Waals surface area contributed by atoms with E-state index < -0.39 is 17.7 Å². The first kappa shape index (κ1) is 27.9. The Bertz CT molecular complexity index is 1240. The van der Waals surface area contributed by atoms with E-state index in [-0.39, 0.29) is 17.4 Å². The van der Waals surface area contributed by atoms with Gasteiger partial charge >= 0.3 is 11.9 Å². The van der Waals surface area contributed by atoms with E-state index in [2.05, 4.69) is 20.5 Å². The lowest BCUT2D eigenvalue weighted by Gasteiger charge is -2.32. The van der Waals surface area contributed by atoms with E-state index in [0.29, 0.717) is 43.2 Å². The maximum absolute atomic E-state index is 12.3. The minimum Gasteiger partial charge on any atom is -0.419 e. The third kappa shape index (κ3) is 6.96. The Balaban J connectivity index is 1.71. The second-order valence-electron chi connectivity index (χ2n) is 10.1. The normalized spacial score (nSPS) is 19.5. The average Bonchev–Trinajstić information content (AvgIpc) is 3.32. The zero-order chi connectivity index (χ0) is 27.3. The minimum absolute atomic E-state index is 0.0213. The van der Waals surface area contributed by atoms with Crippen LogP contribution in [0.5, 0.6) is 0 Å². The first-order chi connectivity index (χ1) is 17.4. The molecule has 1 atom stereocenters. The van der Waals surface area contributed by atoms with Gasteiger partial charge in [-0.25, -0.2) is 14.6 Å². The zero-order valence-corrected chi connectivity index (χ0v) is 22.7. The molecule has 0 saturated carbocycles. The van der Waals surface area contributed by atoms with Gasteiger partial charge in [-0.2, -0.15) is 4.63 Å². The number of amides is 1. The summed E-state index contributed by atoms with van der Waals surface area (Å²) < 4.78 is 12.3. The van der Waals surface area contributed by atoms with Crippen molar-refractivity contribution < 1.29 is 23.9 Å². The minimum atomic E-state index is -1.22. The summed E-state index contributed by atoms with van der Waals surface area (Å²) >= 11 is 0. The van der Waals surface area contributed by atoms with Crippen LogP contribution in [-0.4, -0.2) is 50.0 Å². The molecule has 2 aromatic rings. The maximum Gasteiger partial charge on any atom is 0.348 e. The van der Waals surface area contributed by atoms with Crippen LogP contribution in [0, 0.1) is 12.8 Å². The number of allylic oxidation sites excluding steroid dienone is 4. The lowest BCUT2D eigenvalue weighted by Crippen LogP contribution is -2.44. The topological polar surface area (TPSA) is 128 Å². The molecule has 1 aliphatic rings. The van der Waals surface area contributed by atoms with Crippen LogP contribution in [0.15, 0.2) is 29.4 Å². The summed E-state index contributed by atoms with van der Waals surface area (Å²) in [5.74, 6) is -1.69. The molecule has 1 saturated heterocycles. The van der Waals surface area contributed by atoms with Crippen molar-refractivity contribution in [2.24, 2.45) is 5.92 Å². The maximum atomic E-state index is 12.3. The van der Waals surface area contributed by atoms with Crippen molar-refractivity contribution in [2.45, 2.75) is 79.4 Å². The van der Waals surface area contributed by atoms with Crippen LogP contribution in [0.3, 0.4) is 0 Å². The number of hydrogen-bond acceptors (Lipinski definition) is 7. The van der Waals surface area contributed by atoms with Crippen molar-refractivity contribution in [3.8, 4) is 0 Å². The smallest absolute Gasteiger partial charge is 0.348 e. The summed E-state index contributed by atoms with van der Waals surface area (Å²) in [7, 11) is 0. The number of rotatable bonds is 10. The Hall–Kier alpha value is -3.69. The predicted molar refractivity (Wildman–Crippen MR) is 139 cm³/mol. The highest BCUT2D eigenvalue weighted by molar-refractivity contribution is 6.15. The quantitative estimate of drug-likeness (QED) is 0.212. The first-order valence-corrected chi connectivity index (χ1v) is 12.7. The molecular weight excluding hydrogens is 474 g/mol. The number of hydrogen-bond donors (Lipinski definition) is 2. The Morgan fingerprint density at radius 2 is 1.89 bits per heavy atom. The lowest BCUT2D eigenvalue weighted by atomic mass is 10.1. The van der Waals surface area contributed by atoms with Crippen molar-refractivity contribution in [1.29, 1.82) is 0 Å². The van der Waals surface area contributed by atoms with Gasteiger partial charge in [0, 0.05) is 43.5 Å². The highest BCUT2D eigenvalue weighted by atomic mass is 16.7. The molecule has 1 unspecified atom stereocenters. The molecule has 2 aromatic heterocycles. The number of cyclic esters (lactones) is 2. The number of carbonyl (C=O) groups is 3. The van der Waals surface area contributed by atoms with Gasteiger partial charge in [-0.1, -0.05) is 45.4 Å². The monoisotopic (exact) mass is 511 g/mol. The standard InChI is InChI=1S/C27H37N5O5/c1-8-13-27(7)36-25(34)21(26(35)37-27)12-10-17(4)9-11-20-19(6)30-32-24(20)29-23(31-32)18(5)15-28-22(33)14-16(2)3/h9-12,16,18,30H,8,13-15H2,1-7H3,(H,28,33). The molecule has 0 spiro atoms. The number of aryl methyl sites for hydroxylation is 1. The van der Waals surface area contributed by atoms with Crippen LogP contribution in [0.1, 0.15) is 83.8 Å². The molecule has 10 heteroatoms. The Kier molecular flexibility index (Phi) is 8.73. The summed E-state index contributed by atoms with van der Waals surface area (Å²) in [6.07, 6.45) is 8.48. The molecule has 0 aliphatic carbocycles. The van der Waals surface area contributed by atoms with Gasteiger partial charge in [0.1, 0.15) is 5.57 Å². The predicted octanol–water partition coefficient (Wildman–Crippen LogP) is 4.13. The zero-order valence-electron chi connectivity index (χ0n) is 22.7. The molecule has 3 rings (SSSR count). The molecular formula is C27H37N5O5. The highest BCUT2D eigenvalue weighted by Crippen LogP contribution is 2.27. The van der Waals surface area contributed by atoms with E-state index in [9.17, 15) is 14.4 Å². The molecule has 2 N–H and O–H groups in total. The van der Waals surface area contributed by atoms with Gasteiger partial charge < -0.3 is 14.8 Å². The van der Waals surface area contributed by atoms with Crippen LogP contribution < -0.4 is 5.32 Å². The number of aromatic nitrogens is 4. The number of ether oxygens (including phenoxy) is 2. The summed E-state index contributed by atoms with van der Waals surface area (Å²) in [5, 5.41) is 10.7. The van der Waals surface area contributed by atoms with Crippen LogP contribution in [0.25, 0.3) is 11.7 Å². The van der Waals surface area contributed by atoms with Crippen LogP contribution in [0.4, 0.5) is 0 Å². The number of nitrogens with one attached hydrogen (secondary N) is 2. The molecule has 0 aromatic carbocycles. The third-order valence-corrected chi connectivity index (χ3v) is 5.97. The number of carbonyl (C=O) groups excluding carboxylic acids is 3. The van der Waals surface area contributed by atoms with Crippen molar-refractivity contribution in [2.75, 3.05) is 6.54 Å². The lowest BCUT2D eigenvalue weighted by molar-refractivity contribution is -0.230. The van der Waals surface area contributed by atoms with Gasteiger partial charge in [-0.15, -0.1) is 5.10 Å². The molecule has 37 heavy (non-hydrogen) atoms. The number of fused-ring (bicyclic) bond motifs is 1. The second-order valence-corrected chi connectivity index (χ2v) is 10.1. The molecule has 10 nitrogen and oxygen atoms in total. The van der Waals surface area contributed by atoms with Crippen LogP contribution in [-0.2, 0) is 23.9 Å². The molecule has 1 amide bonds. The van der Waals surface area contributed by atoms with Gasteiger partial charge in [0.05, 0.1) is 0 Å². The molecule has 200 valence electrons. The van der Waals surface area contributed by atoms with Gasteiger partial charge in [-0.05, 0) is 38.3 Å². The van der Waals surface area contributed by atoms with E-state index in [1.54, 1.807) is 17.6 Å². The first-order valence-electron chi connectivity index (χ1n) is 12.7. The van der Waals surface area contributed by atoms with Crippen molar-refractivity contribution in [3.05, 3.63) is 46.5 Å². The molecule has 1 aliphatic heterocycles. The highest BCUT2D eigenvalue weighted by Gasteiger charge is 2.41. The average molecular weight is 512 g/mol. The Labute approximate surface area is 217 Å². The van der Waals surface area contributed by atoms with Crippen molar-refractivity contribution >= 4 is 29.6 Å². The number of H-pyrrole nitrogens is 1. The largest absolute Gasteiger partial charge is 0.419 e. The van der Waals surface area contributed by atoms with E-state index in [0.717, 1.165) is 16.8 Å². The fourth-order valence-electron chi connectivity index (χ4n) is 3.96. The number of aromatic amines is 1. The van der Waals surface area contributed by atoms with E-state index in [1.807, 2.05) is 53.7 Å². The summed E-state index contributed by atoms with van der Waals surface area (Å²) in [5.41, 5.74) is 3.08. The molecule has 3 heterocycles. The third-order valence-electron chi connectivity index (χ3n) is 5.97. The fraction of sp³-hybridized carbons (Fsp3) is 0.519. The van der Waals surface area contributed by atoms with Gasteiger partial charge in [0.2, 0.25) is 5.91 Å². The number of nitrogens with zero attached hydrogens (tertiary/aromatic N) is 3. The van der Waals surface area contributed by atoms with Crippen LogP contribution >= 0.6 is 0 Å². The van der Waals surface area contributed by atoms with Gasteiger partial charge in [0.25, 0.3) is 5.79 Å². The van der Waals surface area contributed by atoms with Gasteiger partial charge in [-0.3, -0.25) is 9.89 Å². The number of esters is 2. The SMILES string of the molecule is CCCC1(C)OC(=O)C(=CC=C(C)C=Cc2c(C)[nH]n3nc(C(C)CNC(=O)CC(C)C)nc23)C(=O)O1. The molecule has 1 fully saturated rings. The molecule has 0 radical (unpaired) electrons. The summed E-state index contributed by atoms with van der Waals surface area (Å²) in [6.45, 7) is 13.7. The molecule has 0 bridgehead atoms. The van der Waals surface area contributed by atoms with Crippen molar-refractivity contribution in [3.63, 3.8) is 0 Å². The van der Waals surface area contributed by atoms with Crippen LogP contribution in [0.2, 0.25) is 0 Å². The van der Waals surface area contributed by atoms with E-state index >= 15 is 0 Å². The Morgan fingerprint density at radius 3 is 2.51 bits per heavy atom. The second kappa shape index (κ2) is 11.6. The van der Waals surface area contributed by atoms with Gasteiger partial charge in [0.15, 0.2) is 11.5 Å². The summed E-state index contributed by atoms with van der Waals surface area (Å²) in [4.78, 5) is 41.3. The van der Waals surface area contributed by atoms with Crippen molar-refractivity contribution in [1.82, 2.24) is 25.1 Å². The Morgan fingerprint density at radius 1 is 1.22 bits per heavy atom. The summed E-state index contributed by atoms with van der Waals surface area (Å²) in [6, 6.07) is 0.